The molecule has 5 amide bonds. The van der Waals surface area contributed by atoms with E-state index in [0.29, 0.717) is 53.8 Å². The molecule has 0 heterocycles. The maximum Gasteiger partial charge on any atom is 0.408 e. The van der Waals surface area contributed by atoms with Gasteiger partial charge in [-0.3, -0.25) is 9.59 Å². The van der Waals surface area contributed by atoms with Crippen molar-refractivity contribution >= 4 is 30.1 Å². The lowest BCUT2D eigenvalue weighted by Crippen LogP contribution is -2.53. The van der Waals surface area contributed by atoms with Crippen LogP contribution in [-0.2, 0) is 30.2 Å². The van der Waals surface area contributed by atoms with Gasteiger partial charge in [0.25, 0.3) is 0 Å². The van der Waals surface area contributed by atoms with Gasteiger partial charge in [-0.15, -0.1) is 0 Å². The van der Waals surface area contributed by atoms with Crippen molar-refractivity contribution in [3.63, 3.8) is 0 Å². The highest BCUT2D eigenvalue weighted by Crippen LogP contribution is 2.28. The number of phenolic OH excluding ortho intramolecular Hbond substituents is 1. The summed E-state index contributed by atoms with van der Waals surface area (Å²) < 4.78 is 30.2. The molecule has 0 spiro atoms. The largest absolute Gasteiger partial charge is 0.508 e. The molecule has 2 aromatic carbocycles. The highest BCUT2D eigenvalue weighted by atomic mass is 19.1. The van der Waals surface area contributed by atoms with E-state index in [4.69, 9.17) is 14.2 Å². The van der Waals surface area contributed by atoms with Gasteiger partial charge < -0.3 is 55.9 Å². The smallest absolute Gasteiger partial charge is 0.408 e. The number of hydrogen-bond acceptors (Lipinski definition) is 11. The van der Waals surface area contributed by atoms with Crippen LogP contribution in [0.2, 0.25) is 0 Å². The summed E-state index contributed by atoms with van der Waals surface area (Å²) in [7, 11) is 1.63. The molecule has 63 heavy (non-hydrogen) atoms. The number of nitrogens with one attached hydrogen (secondary N) is 5. The molecule has 0 saturated heterocycles. The highest BCUT2D eigenvalue weighted by molar-refractivity contribution is 5.87. The molecule has 16 nitrogen and oxygen atoms in total. The normalized spacial score (nSPS) is 13.1. The third kappa shape index (κ3) is 21.4. The predicted octanol–water partition coefficient (Wildman–Crippen LogP) is 6.35. The fourth-order valence-electron chi connectivity index (χ4n) is 6.19. The molecule has 0 unspecified atom stereocenters. The number of amides is 5. The Balaban J connectivity index is 2.34. The summed E-state index contributed by atoms with van der Waals surface area (Å²) in [4.78, 5) is 66.8. The second-order valence-electron chi connectivity index (χ2n) is 18.5. The lowest BCUT2D eigenvalue weighted by atomic mass is 9.97. The highest BCUT2D eigenvalue weighted by Gasteiger charge is 2.30. The standard InChI is InChI=1S/C46H71FN6O10/c1-29-25-31(17-19-35(29)47)32-18-20-38(55)33(26-32)27-37(52-43(60)63-46(9,10)11)40(57)51-36(16-14-23-49-42(59)62-45(6,7)8)30(2)53(12)28-39(56)50-34(21-24-54)15-13-22-48-41(58)61-44(3,4)5/h17-20,25-26,34,36-37,54-55H,2,13-16,21-24,27-28H2,1,3-12H3,(H,48,58)(H,49,59)(H,50,56)(H,51,57)(H,52,60)/t34-,36-,37-/m0/s1. The fraction of sp³-hybridized carbons (Fsp3) is 0.587. The first-order valence-corrected chi connectivity index (χ1v) is 21.3. The number of phenols is 1. The molecule has 0 radical (unpaired) electrons. The SMILES string of the molecule is C=C([C@H](CCCNC(=O)OC(C)(C)C)NC(=O)[C@H](Cc1cc(-c2ccc(F)c(C)c2)ccc1O)NC(=O)OC(C)(C)C)N(C)CC(=O)N[C@H](CCO)CCCNC(=O)OC(C)(C)C. The number of likely N-dealkylation sites (N-methyl/N-ethyl adjacent to an activating group) is 1. The number of carbonyl (C=O) groups excluding carboxylic acids is 5. The minimum absolute atomic E-state index is 0.139. The number of aliphatic hydroxyl groups is 1. The third-order valence-electron chi connectivity index (χ3n) is 9.17. The lowest BCUT2D eigenvalue weighted by Gasteiger charge is -2.31. The first-order chi connectivity index (χ1) is 29.2. The van der Waals surface area contributed by atoms with E-state index in [9.17, 15) is 38.6 Å². The monoisotopic (exact) mass is 887 g/mol. The molecule has 352 valence electrons. The molecule has 0 aliphatic rings. The van der Waals surface area contributed by atoms with Crippen LogP contribution in [-0.4, -0.2) is 113 Å². The van der Waals surface area contributed by atoms with E-state index in [1.54, 1.807) is 105 Å². The van der Waals surface area contributed by atoms with E-state index in [0.717, 1.165) is 0 Å². The average Bonchev–Trinajstić information content (AvgIpc) is 3.13. The topological polar surface area (TPSA) is 217 Å². The van der Waals surface area contributed by atoms with E-state index in [1.165, 1.54) is 12.1 Å². The van der Waals surface area contributed by atoms with Gasteiger partial charge >= 0.3 is 18.3 Å². The van der Waals surface area contributed by atoms with Gasteiger partial charge in [-0.2, -0.15) is 0 Å². The number of carbonyl (C=O) groups is 5. The lowest BCUT2D eigenvalue weighted by molar-refractivity contribution is -0.123. The molecule has 2 rings (SSSR count). The molecule has 0 aliphatic heterocycles. The Labute approximate surface area is 372 Å². The zero-order chi connectivity index (χ0) is 47.7. The van der Waals surface area contributed by atoms with Gasteiger partial charge in [0.1, 0.15) is 34.4 Å². The second kappa shape index (κ2) is 24.3. The Morgan fingerprint density at radius 3 is 1.79 bits per heavy atom. The molecule has 0 fully saturated rings. The van der Waals surface area contributed by atoms with E-state index in [1.807, 2.05) is 0 Å². The van der Waals surface area contributed by atoms with E-state index < -0.39 is 59.1 Å². The second-order valence-corrected chi connectivity index (χ2v) is 18.5. The number of alkyl carbamates (subject to hydrolysis) is 3. The zero-order valence-corrected chi connectivity index (χ0v) is 39.0. The van der Waals surface area contributed by atoms with Crippen molar-refractivity contribution in [2.75, 3.05) is 33.3 Å². The van der Waals surface area contributed by atoms with E-state index >= 15 is 0 Å². The summed E-state index contributed by atoms with van der Waals surface area (Å²) in [5.41, 5.74) is 0.139. The molecule has 0 bridgehead atoms. The zero-order valence-electron chi connectivity index (χ0n) is 39.0. The number of ether oxygens (including phenoxy) is 3. The third-order valence-corrected chi connectivity index (χ3v) is 9.17. The van der Waals surface area contributed by atoms with E-state index in [2.05, 4.69) is 33.2 Å². The number of hydrogen-bond donors (Lipinski definition) is 7. The number of aliphatic hydroxyl groups excluding tert-OH is 1. The number of benzene rings is 2. The Hall–Kier alpha value is -5.58. The van der Waals surface area contributed by atoms with Crippen LogP contribution in [0.5, 0.6) is 5.75 Å². The predicted molar refractivity (Wildman–Crippen MR) is 239 cm³/mol. The summed E-state index contributed by atoms with van der Waals surface area (Å²) in [6, 6.07) is 6.87. The van der Waals surface area contributed by atoms with Crippen molar-refractivity contribution in [1.82, 2.24) is 31.5 Å². The van der Waals surface area contributed by atoms with Crippen molar-refractivity contribution < 1.29 is 52.8 Å². The molecular formula is C46H71FN6O10. The maximum atomic E-state index is 14.3. The van der Waals surface area contributed by atoms with Crippen molar-refractivity contribution in [2.24, 2.45) is 0 Å². The summed E-state index contributed by atoms with van der Waals surface area (Å²) >= 11 is 0. The summed E-state index contributed by atoms with van der Waals surface area (Å²) in [6.07, 6.45) is -0.415. The summed E-state index contributed by atoms with van der Waals surface area (Å²) in [5.74, 6) is -1.55. The first kappa shape index (κ1) is 53.6. The number of nitrogens with zero attached hydrogens (tertiary/aromatic N) is 1. The Kier molecular flexibility index (Phi) is 20.7. The van der Waals surface area contributed by atoms with Crippen LogP contribution in [0, 0.1) is 12.7 Å². The van der Waals surface area contributed by atoms with Crippen molar-refractivity contribution in [1.29, 1.82) is 0 Å². The van der Waals surface area contributed by atoms with Crippen LogP contribution >= 0.6 is 0 Å². The maximum absolute atomic E-state index is 14.3. The van der Waals surface area contributed by atoms with Gasteiger partial charge in [0.15, 0.2) is 0 Å². The van der Waals surface area contributed by atoms with Crippen LogP contribution in [0.4, 0.5) is 18.8 Å². The van der Waals surface area contributed by atoms with Crippen LogP contribution < -0.4 is 26.6 Å². The molecule has 2 aromatic rings. The van der Waals surface area contributed by atoms with E-state index in [-0.39, 0.29) is 56.4 Å². The Bertz CT molecular complexity index is 1870. The van der Waals surface area contributed by atoms with Crippen molar-refractivity contribution in [2.45, 2.75) is 143 Å². The molecule has 0 saturated carbocycles. The Morgan fingerprint density at radius 1 is 0.730 bits per heavy atom. The Morgan fingerprint density at radius 2 is 1.25 bits per heavy atom. The first-order valence-electron chi connectivity index (χ1n) is 21.3. The van der Waals surface area contributed by atoms with Gasteiger partial charge in [-0.1, -0.05) is 18.7 Å². The van der Waals surface area contributed by atoms with Crippen LogP contribution in [0.1, 0.15) is 106 Å². The van der Waals surface area contributed by atoms with Crippen molar-refractivity contribution in [3.8, 4) is 16.9 Å². The number of halogens is 1. The minimum Gasteiger partial charge on any atom is -0.508 e. The minimum atomic E-state index is -1.29. The van der Waals surface area contributed by atoms with Crippen LogP contribution in [0.3, 0.4) is 0 Å². The number of aryl methyl sites for hydroxylation is 1. The van der Waals surface area contributed by atoms with Crippen LogP contribution in [0.15, 0.2) is 48.7 Å². The number of aromatic hydroxyl groups is 1. The molecule has 17 heteroatoms. The van der Waals surface area contributed by atoms with Gasteiger partial charge in [0.05, 0.1) is 12.6 Å². The molecule has 0 aromatic heterocycles. The van der Waals surface area contributed by atoms with Gasteiger partial charge in [-0.25, -0.2) is 18.8 Å². The van der Waals surface area contributed by atoms with Gasteiger partial charge in [0.2, 0.25) is 11.8 Å². The van der Waals surface area contributed by atoms with Crippen LogP contribution in [0.25, 0.3) is 11.1 Å². The van der Waals surface area contributed by atoms with Gasteiger partial charge in [0, 0.05) is 44.9 Å². The number of rotatable bonds is 21. The molecule has 3 atom stereocenters. The summed E-state index contributed by atoms with van der Waals surface area (Å²) in [6.45, 7) is 21.5. The fourth-order valence-corrected chi connectivity index (χ4v) is 6.19. The summed E-state index contributed by atoms with van der Waals surface area (Å²) in [5, 5.41) is 34.6. The van der Waals surface area contributed by atoms with Crippen molar-refractivity contribution in [3.05, 3.63) is 65.6 Å². The molecule has 7 N–H and O–H groups in total. The average molecular weight is 887 g/mol. The molecule has 0 aliphatic carbocycles. The quantitative estimate of drug-likeness (QED) is 0.0542. The van der Waals surface area contributed by atoms with Gasteiger partial charge in [-0.05, 0) is 148 Å². The molecular weight excluding hydrogens is 816 g/mol.